The molecule has 0 amide bonds. The lowest BCUT2D eigenvalue weighted by Gasteiger charge is -2.13. The first-order valence-electron chi connectivity index (χ1n) is 28.7. The van der Waals surface area contributed by atoms with Gasteiger partial charge >= 0.3 is 35.8 Å². The highest BCUT2D eigenvalue weighted by Gasteiger charge is 2.27. The number of benzene rings is 4. The van der Waals surface area contributed by atoms with Crippen molar-refractivity contribution in [2.75, 3.05) is 101 Å². The summed E-state index contributed by atoms with van der Waals surface area (Å²) < 4.78 is 93.8. The van der Waals surface area contributed by atoms with Crippen molar-refractivity contribution in [2.45, 2.75) is 90.9 Å². The molecule has 25 nitrogen and oxygen atoms in total. The Labute approximate surface area is 522 Å². The van der Waals surface area contributed by atoms with Gasteiger partial charge in [0.05, 0.1) is 101 Å². The first-order chi connectivity index (χ1) is 43.4. The van der Waals surface area contributed by atoms with Gasteiger partial charge in [0, 0.05) is 16.7 Å². The summed E-state index contributed by atoms with van der Waals surface area (Å²) in [6, 6.07) is 21.1. The van der Waals surface area contributed by atoms with Crippen molar-refractivity contribution in [2.24, 2.45) is 0 Å². The Morgan fingerprint density at radius 2 is 0.644 bits per heavy atom. The second kappa shape index (κ2) is 38.5. The summed E-state index contributed by atoms with van der Waals surface area (Å²) in [5.74, 6) is 1.23. The number of carbonyl (C=O) groups is 6. The molecule has 8 rings (SSSR count). The molecule has 0 bridgehead atoms. The molecule has 490 valence electrons. The third kappa shape index (κ3) is 27.2. The van der Waals surface area contributed by atoms with Crippen LogP contribution in [0.5, 0.6) is 46.0 Å². The molecule has 4 unspecified atom stereocenters. The second-order valence-electron chi connectivity index (χ2n) is 19.6. The van der Waals surface area contributed by atoms with Crippen LogP contribution in [0.4, 0.5) is 0 Å². The number of aliphatic hydroxyl groups is 1. The van der Waals surface area contributed by atoms with Crippen LogP contribution >= 0.6 is 0 Å². The Balaban J connectivity index is 0.000000239. The fourth-order valence-corrected chi connectivity index (χ4v) is 7.18. The molecule has 1 N–H and O–H groups in total. The first-order valence-corrected chi connectivity index (χ1v) is 28.7. The maximum Gasteiger partial charge on any atom is 0.334 e. The van der Waals surface area contributed by atoms with Gasteiger partial charge in [0.2, 0.25) is 0 Å². The monoisotopic (exact) mass is 1260 g/mol. The molecular formula is C65H80O25. The van der Waals surface area contributed by atoms with E-state index in [-0.39, 0.29) is 100 Å². The molecule has 4 heterocycles. The minimum Gasteiger partial charge on any atom is -0.493 e. The molecular weight excluding hydrogens is 1180 g/mol. The van der Waals surface area contributed by atoms with Crippen LogP contribution in [0.15, 0.2) is 109 Å². The number of rotatable bonds is 35. The summed E-state index contributed by atoms with van der Waals surface area (Å²) in [5.41, 5.74) is 3.13. The normalized spacial score (nSPS) is 15.8. The topological polar surface area (TPSA) is 302 Å². The predicted octanol–water partition coefficient (Wildman–Crippen LogP) is 7.04. The first kappa shape index (κ1) is 71.9. The average Bonchev–Trinajstić information content (AvgIpc) is 3.37. The van der Waals surface area contributed by atoms with Crippen LogP contribution in [0.25, 0.3) is 0 Å². The van der Waals surface area contributed by atoms with Gasteiger partial charge in [-0.15, -0.1) is 0 Å². The van der Waals surface area contributed by atoms with Gasteiger partial charge in [-0.05, 0) is 91.6 Å². The quantitative estimate of drug-likeness (QED) is 0.0209. The summed E-state index contributed by atoms with van der Waals surface area (Å²) >= 11 is 0. The van der Waals surface area contributed by atoms with Crippen molar-refractivity contribution in [3.8, 4) is 46.0 Å². The van der Waals surface area contributed by atoms with E-state index >= 15 is 0 Å². The minimum absolute atomic E-state index is 0.00236. The molecule has 4 atom stereocenters. The van der Waals surface area contributed by atoms with Gasteiger partial charge in [-0.25, -0.2) is 14.4 Å². The van der Waals surface area contributed by atoms with Gasteiger partial charge in [0.1, 0.15) is 70.7 Å². The van der Waals surface area contributed by atoms with Crippen LogP contribution < -0.4 is 37.9 Å². The van der Waals surface area contributed by atoms with Crippen LogP contribution in [0.2, 0.25) is 0 Å². The number of esters is 6. The molecule has 0 aliphatic carbocycles. The Kier molecular flexibility index (Phi) is 30.8. The molecule has 4 aliphatic heterocycles. The number of aliphatic hydroxyl groups excluding tert-OH is 1. The highest BCUT2D eigenvalue weighted by molar-refractivity contribution is 5.94. The largest absolute Gasteiger partial charge is 0.493 e. The van der Waals surface area contributed by atoms with Gasteiger partial charge in [-0.2, -0.15) is 0 Å². The number of methoxy groups -OCH3 is 4. The molecule has 25 heteroatoms. The third-order valence-electron chi connectivity index (χ3n) is 12.4. The summed E-state index contributed by atoms with van der Waals surface area (Å²) in [4.78, 5) is 69.6. The molecule has 4 aromatic carbocycles. The van der Waals surface area contributed by atoms with Gasteiger partial charge in [-0.1, -0.05) is 44.0 Å². The van der Waals surface area contributed by atoms with Crippen LogP contribution in [0, 0.1) is 0 Å². The smallest absolute Gasteiger partial charge is 0.334 e. The lowest BCUT2D eigenvalue weighted by Crippen LogP contribution is -2.13. The number of ether oxygens (including phenoxy) is 18. The highest BCUT2D eigenvalue weighted by atomic mass is 16.6. The van der Waals surface area contributed by atoms with Gasteiger partial charge < -0.3 is 90.4 Å². The van der Waals surface area contributed by atoms with Crippen molar-refractivity contribution in [1.82, 2.24) is 0 Å². The Morgan fingerprint density at radius 3 is 0.911 bits per heavy atom. The van der Waals surface area contributed by atoms with Crippen LogP contribution in [-0.2, 0) is 103 Å². The molecule has 4 aliphatic rings. The average molecular weight is 1260 g/mol. The number of carbonyl (C=O) groups excluding carboxylic acids is 6. The lowest BCUT2D eigenvalue weighted by atomic mass is 10.2. The van der Waals surface area contributed by atoms with E-state index in [4.69, 9.17) is 80.9 Å². The van der Waals surface area contributed by atoms with E-state index < -0.39 is 35.8 Å². The van der Waals surface area contributed by atoms with Crippen molar-refractivity contribution in [3.05, 3.63) is 132 Å². The Bertz CT molecular complexity index is 3030. The minimum atomic E-state index is -0.690. The summed E-state index contributed by atoms with van der Waals surface area (Å²) in [6.07, 6.45) is 0.0209. The van der Waals surface area contributed by atoms with Crippen molar-refractivity contribution >= 4 is 35.8 Å². The molecule has 0 radical (unpaired) electrons. The van der Waals surface area contributed by atoms with Gasteiger partial charge in [0.15, 0.2) is 46.0 Å². The van der Waals surface area contributed by atoms with Crippen LogP contribution in [-0.4, -0.2) is 166 Å². The van der Waals surface area contributed by atoms with Gasteiger partial charge in [-0.3, -0.25) is 14.4 Å². The molecule has 0 aromatic heterocycles. The predicted molar refractivity (Wildman–Crippen MR) is 319 cm³/mol. The highest BCUT2D eigenvalue weighted by Crippen LogP contribution is 2.33. The van der Waals surface area contributed by atoms with Crippen LogP contribution in [0.3, 0.4) is 0 Å². The molecule has 4 saturated heterocycles. The molecule has 90 heavy (non-hydrogen) atoms. The zero-order chi connectivity index (χ0) is 65.4. The second-order valence-corrected chi connectivity index (χ2v) is 19.6. The van der Waals surface area contributed by atoms with E-state index in [1.54, 1.807) is 94.6 Å². The molecule has 4 aromatic rings. The SMILES string of the molecule is C=C(CC(=O)OCC)C(=O)OCC.C=C(CC(=O)OCc1ccc(OCC2CO2)c(OC)c1)C(=O)OCC.C=C(CC(=O)OCc1ccc(OCC2CO2)c(OC)c1)C(=O)OCc1ccc(OCC2CO2)c(OC)c1.COc1cc(CO)ccc1OCC1CO1. The van der Waals surface area contributed by atoms with E-state index in [2.05, 4.69) is 29.2 Å². The zero-order valence-electron chi connectivity index (χ0n) is 51.8. The Morgan fingerprint density at radius 1 is 0.389 bits per heavy atom. The van der Waals surface area contributed by atoms with E-state index in [9.17, 15) is 28.8 Å². The summed E-state index contributed by atoms with van der Waals surface area (Å²) in [6.45, 7) is 21.3. The molecule has 0 saturated carbocycles. The van der Waals surface area contributed by atoms with Gasteiger partial charge in [0.25, 0.3) is 0 Å². The summed E-state index contributed by atoms with van der Waals surface area (Å²) in [5, 5.41) is 8.96. The molecule has 0 spiro atoms. The molecule has 4 fully saturated rings. The lowest BCUT2D eigenvalue weighted by molar-refractivity contribution is -0.147. The number of epoxide rings is 4. The third-order valence-corrected chi connectivity index (χ3v) is 12.4. The van der Waals surface area contributed by atoms with Crippen molar-refractivity contribution in [1.29, 1.82) is 0 Å². The zero-order valence-corrected chi connectivity index (χ0v) is 51.8. The van der Waals surface area contributed by atoms with E-state index in [1.807, 2.05) is 6.07 Å². The number of hydrogen-bond acceptors (Lipinski definition) is 25. The fraction of sp³-hybridized carbons (Fsp3) is 0.446. The van der Waals surface area contributed by atoms with E-state index in [0.29, 0.717) is 110 Å². The maximum absolute atomic E-state index is 12.3. The maximum atomic E-state index is 12.3. The summed E-state index contributed by atoms with van der Waals surface area (Å²) in [7, 11) is 6.18. The fourth-order valence-electron chi connectivity index (χ4n) is 7.18. The van der Waals surface area contributed by atoms with Crippen molar-refractivity contribution < 1.29 is 119 Å². The van der Waals surface area contributed by atoms with Crippen molar-refractivity contribution in [3.63, 3.8) is 0 Å². The van der Waals surface area contributed by atoms with E-state index in [1.165, 1.54) is 21.3 Å². The number of hydrogen-bond donors (Lipinski definition) is 1. The van der Waals surface area contributed by atoms with Crippen LogP contribution in [0.1, 0.15) is 62.3 Å². The Hall–Kier alpha value is -8.88. The van der Waals surface area contributed by atoms with E-state index in [0.717, 1.165) is 17.7 Å². The standard InChI is InChI=1S/C27H30O10.C18H22O7.C11H14O4.C9H14O4/c1-17(27(29)37-12-19-5-7-23(25(10-19)31-3)35-16-21-14-33-21)8-26(28)36-11-18-4-6-22(24(9-18)30-2)34-15-20-13-32-20;1-4-22-18(20)12(2)7-17(19)25-9-13-5-6-15(16(8-13)21-3)24-11-14-10-23-14;1-13-11-4-8(5-12)2-3-10(11)15-7-9-6-14-9;1-4-12-8(10)6-7(3)9(11)13-5-2/h4-7,9-10,20-21H,1,8,11-16H2,2-3H3;5-6,8,14H,2,4,7,9-11H2,1,3H3;2-4,9,12H,5-7H2,1H3;3-6H2,1-2H3.